The van der Waals surface area contributed by atoms with Crippen LogP contribution in [0.1, 0.15) is 31.0 Å². The molecule has 23 heavy (non-hydrogen) atoms. The third-order valence-corrected chi connectivity index (χ3v) is 3.77. The summed E-state index contributed by atoms with van der Waals surface area (Å²) in [6.07, 6.45) is -1.17. The van der Waals surface area contributed by atoms with Gasteiger partial charge in [-0.25, -0.2) is 0 Å². The van der Waals surface area contributed by atoms with E-state index in [0.717, 1.165) is 24.1 Å². The molecule has 1 aromatic heterocycles. The van der Waals surface area contributed by atoms with Crippen LogP contribution in [0.4, 0.5) is 13.2 Å². The summed E-state index contributed by atoms with van der Waals surface area (Å²) in [4.78, 5) is 4.02. The number of guanidine groups is 1. The maximum absolute atomic E-state index is 12.9. The number of ether oxygens (including phenoxy) is 1. The number of alkyl halides is 3. The van der Waals surface area contributed by atoms with E-state index in [4.69, 9.17) is 4.74 Å². The van der Waals surface area contributed by atoms with Crippen LogP contribution in [0.5, 0.6) is 0 Å². The molecule has 9 heteroatoms. The van der Waals surface area contributed by atoms with Crippen molar-refractivity contribution in [2.45, 2.75) is 38.1 Å². The minimum absolute atomic E-state index is 0.0140. The molecule has 0 aromatic carbocycles. The number of aromatic nitrogens is 2. The number of rotatable bonds is 4. The van der Waals surface area contributed by atoms with Gasteiger partial charge in [0.2, 0.25) is 0 Å². The van der Waals surface area contributed by atoms with Gasteiger partial charge in [0.25, 0.3) is 0 Å². The Labute approximate surface area is 133 Å². The van der Waals surface area contributed by atoms with E-state index in [2.05, 4.69) is 20.7 Å². The summed E-state index contributed by atoms with van der Waals surface area (Å²) in [6, 6.07) is 0. The number of hydrogen-bond acceptors (Lipinski definition) is 3. The highest BCUT2D eigenvalue weighted by Gasteiger charge is 2.37. The number of aliphatic imine (C=N–C) groups is 1. The Morgan fingerprint density at radius 1 is 1.48 bits per heavy atom. The predicted molar refractivity (Wildman–Crippen MR) is 80.0 cm³/mol. The fourth-order valence-corrected chi connectivity index (χ4v) is 2.55. The molecule has 130 valence electrons. The van der Waals surface area contributed by atoms with Crippen molar-refractivity contribution in [3.8, 4) is 0 Å². The molecule has 0 bridgehead atoms. The van der Waals surface area contributed by atoms with Gasteiger partial charge in [-0.05, 0) is 19.8 Å². The predicted octanol–water partition coefficient (Wildman–Crippen LogP) is 1.67. The molecule has 2 heterocycles. The Hall–Kier alpha value is -1.77. The van der Waals surface area contributed by atoms with Gasteiger partial charge in [-0.1, -0.05) is 0 Å². The maximum atomic E-state index is 12.9. The molecular weight excluding hydrogens is 311 g/mol. The van der Waals surface area contributed by atoms with Gasteiger partial charge in [-0.3, -0.25) is 9.67 Å². The molecular formula is C14H22F3N5O. The van der Waals surface area contributed by atoms with Crippen molar-refractivity contribution in [1.82, 2.24) is 20.4 Å². The van der Waals surface area contributed by atoms with E-state index in [9.17, 15) is 13.2 Å². The van der Waals surface area contributed by atoms with Crippen molar-refractivity contribution in [3.05, 3.63) is 17.5 Å². The first-order valence-electron chi connectivity index (χ1n) is 7.42. The average molecular weight is 333 g/mol. The summed E-state index contributed by atoms with van der Waals surface area (Å²) >= 11 is 0. The lowest BCUT2D eigenvalue weighted by Crippen LogP contribution is -2.45. The van der Waals surface area contributed by atoms with Gasteiger partial charge in [0, 0.05) is 45.6 Å². The average Bonchev–Trinajstić information content (AvgIpc) is 3.05. The Morgan fingerprint density at radius 3 is 2.78 bits per heavy atom. The zero-order valence-corrected chi connectivity index (χ0v) is 13.5. The Balaban J connectivity index is 1.93. The fraction of sp³-hybridized carbons (Fsp3) is 0.714. The highest BCUT2D eigenvalue weighted by molar-refractivity contribution is 5.79. The van der Waals surface area contributed by atoms with Gasteiger partial charge in [0.05, 0.1) is 5.60 Å². The Bertz CT molecular complexity index is 561. The molecule has 1 aliphatic rings. The number of nitrogens with one attached hydrogen (secondary N) is 2. The minimum atomic E-state index is -4.47. The van der Waals surface area contributed by atoms with Crippen molar-refractivity contribution < 1.29 is 17.9 Å². The Morgan fingerprint density at radius 2 is 2.22 bits per heavy atom. The van der Waals surface area contributed by atoms with Gasteiger partial charge in [0.1, 0.15) is 0 Å². The lowest BCUT2D eigenvalue weighted by Gasteiger charge is -2.24. The highest BCUT2D eigenvalue weighted by Crippen LogP contribution is 2.30. The standard InChI is InChI=1S/C14H22F3N5O/c1-13(5-4-6-23-13)9-20-12(18-2)19-7-10-8-22(3)21-11(10)14(15,16)17/h8H,4-7,9H2,1-3H3,(H2,18,19,20). The molecule has 1 aromatic rings. The third kappa shape index (κ3) is 4.60. The number of halogens is 3. The van der Waals surface area contributed by atoms with Crippen LogP contribution < -0.4 is 10.6 Å². The first-order valence-corrected chi connectivity index (χ1v) is 7.42. The van der Waals surface area contributed by atoms with E-state index < -0.39 is 11.9 Å². The second kappa shape index (κ2) is 6.77. The van der Waals surface area contributed by atoms with Crippen molar-refractivity contribution >= 4 is 5.96 Å². The fourth-order valence-electron chi connectivity index (χ4n) is 2.55. The molecule has 0 spiro atoms. The van der Waals surface area contributed by atoms with Gasteiger partial charge in [-0.15, -0.1) is 0 Å². The molecule has 1 aliphatic heterocycles. The van der Waals surface area contributed by atoms with Crippen LogP contribution in [0.25, 0.3) is 0 Å². The molecule has 0 amide bonds. The van der Waals surface area contributed by atoms with E-state index in [1.54, 1.807) is 7.05 Å². The summed E-state index contributed by atoms with van der Waals surface area (Å²) in [6.45, 7) is 3.27. The summed E-state index contributed by atoms with van der Waals surface area (Å²) in [5.41, 5.74) is -1.07. The van der Waals surface area contributed by atoms with Gasteiger partial charge in [-0.2, -0.15) is 18.3 Å². The monoisotopic (exact) mass is 333 g/mol. The first-order chi connectivity index (χ1) is 10.7. The van der Waals surface area contributed by atoms with E-state index in [1.807, 2.05) is 6.92 Å². The van der Waals surface area contributed by atoms with E-state index >= 15 is 0 Å². The summed E-state index contributed by atoms with van der Waals surface area (Å²) in [5, 5.41) is 9.45. The first kappa shape index (κ1) is 17.6. The summed E-state index contributed by atoms with van der Waals surface area (Å²) in [5.74, 6) is 0.429. The van der Waals surface area contributed by atoms with E-state index in [-0.39, 0.29) is 17.7 Å². The third-order valence-electron chi connectivity index (χ3n) is 3.77. The second-order valence-corrected chi connectivity index (χ2v) is 5.86. The number of hydrogen-bond donors (Lipinski definition) is 2. The van der Waals surface area contributed by atoms with E-state index in [0.29, 0.717) is 12.5 Å². The van der Waals surface area contributed by atoms with Crippen LogP contribution in [-0.4, -0.2) is 41.5 Å². The summed E-state index contributed by atoms with van der Waals surface area (Å²) < 4.78 is 45.5. The zero-order valence-electron chi connectivity index (χ0n) is 13.5. The zero-order chi connectivity index (χ0) is 17.1. The molecule has 0 aliphatic carbocycles. The molecule has 2 rings (SSSR count). The molecule has 6 nitrogen and oxygen atoms in total. The normalized spacial score (nSPS) is 22.4. The quantitative estimate of drug-likeness (QED) is 0.650. The smallest absolute Gasteiger partial charge is 0.373 e. The molecule has 0 radical (unpaired) electrons. The van der Waals surface area contributed by atoms with Crippen molar-refractivity contribution in [3.63, 3.8) is 0 Å². The molecule has 2 N–H and O–H groups in total. The molecule has 0 saturated carbocycles. The van der Waals surface area contributed by atoms with Crippen LogP contribution in [0.15, 0.2) is 11.2 Å². The van der Waals surface area contributed by atoms with Crippen LogP contribution >= 0.6 is 0 Å². The van der Waals surface area contributed by atoms with Crippen LogP contribution in [0.3, 0.4) is 0 Å². The Kier molecular flexibility index (Phi) is 5.18. The van der Waals surface area contributed by atoms with Gasteiger partial charge < -0.3 is 15.4 Å². The summed E-state index contributed by atoms with van der Waals surface area (Å²) in [7, 11) is 3.03. The highest BCUT2D eigenvalue weighted by atomic mass is 19.4. The van der Waals surface area contributed by atoms with Crippen LogP contribution in [-0.2, 0) is 24.5 Å². The van der Waals surface area contributed by atoms with Gasteiger partial charge in [0.15, 0.2) is 11.7 Å². The lowest BCUT2D eigenvalue weighted by atomic mass is 10.0. The maximum Gasteiger partial charge on any atom is 0.435 e. The molecule has 1 atom stereocenters. The SMILES string of the molecule is CN=C(NCc1cn(C)nc1C(F)(F)F)NCC1(C)CCCO1. The van der Waals surface area contributed by atoms with Crippen LogP contribution in [0.2, 0.25) is 0 Å². The lowest BCUT2D eigenvalue weighted by molar-refractivity contribution is -0.142. The van der Waals surface area contributed by atoms with E-state index in [1.165, 1.54) is 13.2 Å². The van der Waals surface area contributed by atoms with Gasteiger partial charge >= 0.3 is 6.18 Å². The number of aryl methyl sites for hydroxylation is 1. The van der Waals surface area contributed by atoms with Crippen molar-refractivity contribution in [2.24, 2.45) is 12.0 Å². The topological polar surface area (TPSA) is 63.5 Å². The van der Waals surface area contributed by atoms with Crippen molar-refractivity contribution in [1.29, 1.82) is 0 Å². The second-order valence-electron chi connectivity index (χ2n) is 5.86. The molecule has 1 fully saturated rings. The van der Waals surface area contributed by atoms with Crippen LogP contribution in [0, 0.1) is 0 Å². The number of nitrogens with zero attached hydrogens (tertiary/aromatic N) is 3. The largest absolute Gasteiger partial charge is 0.435 e. The minimum Gasteiger partial charge on any atom is -0.373 e. The molecule has 1 unspecified atom stereocenters. The molecule has 1 saturated heterocycles. The van der Waals surface area contributed by atoms with Crippen molar-refractivity contribution in [2.75, 3.05) is 20.2 Å².